The van der Waals surface area contributed by atoms with Gasteiger partial charge in [0.2, 0.25) is 0 Å². The van der Waals surface area contributed by atoms with Crippen LogP contribution in [-0.4, -0.2) is 31.1 Å². The molecule has 1 aromatic carbocycles. The molecule has 0 saturated carbocycles. The second-order valence-corrected chi connectivity index (χ2v) is 3.34. The molecular formula is C11H13F3O3. The average molecular weight is 250 g/mol. The molecule has 3 nitrogen and oxygen atoms in total. The highest BCUT2D eigenvalue weighted by molar-refractivity contribution is 5.37. The lowest BCUT2D eigenvalue weighted by molar-refractivity contribution is -0.174. The van der Waals surface area contributed by atoms with Crippen LogP contribution in [0.4, 0.5) is 13.2 Å². The molecule has 0 aliphatic carbocycles. The van der Waals surface area contributed by atoms with E-state index in [0.29, 0.717) is 12.2 Å². The van der Waals surface area contributed by atoms with E-state index in [9.17, 15) is 18.3 Å². The van der Waals surface area contributed by atoms with E-state index in [1.54, 1.807) is 18.2 Å². The Hall–Kier alpha value is -1.43. The van der Waals surface area contributed by atoms with Crippen molar-refractivity contribution in [3.63, 3.8) is 0 Å². The highest BCUT2D eigenvalue weighted by atomic mass is 19.4. The molecule has 0 aliphatic heterocycles. The minimum Gasteiger partial charge on any atom is -0.504 e. The van der Waals surface area contributed by atoms with Gasteiger partial charge in [-0.15, -0.1) is 0 Å². The number of hydrogen-bond donors (Lipinski definition) is 1. The molecule has 0 atom stereocenters. The molecule has 1 rings (SSSR count). The van der Waals surface area contributed by atoms with Gasteiger partial charge in [-0.05, 0) is 12.1 Å². The molecule has 0 amide bonds. The molecule has 0 radical (unpaired) electrons. The van der Waals surface area contributed by atoms with E-state index < -0.39 is 12.8 Å². The van der Waals surface area contributed by atoms with Gasteiger partial charge in [-0.2, -0.15) is 13.2 Å². The number of para-hydroxylation sites is 2. The third kappa shape index (κ3) is 6.01. The predicted molar refractivity (Wildman–Crippen MR) is 55.1 cm³/mol. The van der Waals surface area contributed by atoms with Gasteiger partial charge in [0.1, 0.15) is 6.61 Å². The van der Waals surface area contributed by atoms with E-state index in [1.807, 2.05) is 0 Å². The van der Waals surface area contributed by atoms with Crippen LogP contribution in [0.5, 0.6) is 11.5 Å². The molecule has 96 valence electrons. The molecule has 0 fully saturated rings. The second kappa shape index (κ2) is 6.34. The first-order valence-corrected chi connectivity index (χ1v) is 5.04. The van der Waals surface area contributed by atoms with E-state index in [1.165, 1.54) is 6.07 Å². The van der Waals surface area contributed by atoms with Crippen molar-refractivity contribution in [1.29, 1.82) is 0 Å². The molecule has 0 unspecified atom stereocenters. The maximum atomic E-state index is 11.7. The molecule has 0 aromatic heterocycles. The largest absolute Gasteiger partial charge is 0.504 e. The lowest BCUT2D eigenvalue weighted by atomic mass is 10.3. The summed E-state index contributed by atoms with van der Waals surface area (Å²) in [5.41, 5.74) is 0. The zero-order chi connectivity index (χ0) is 12.7. The van der Waals surface area contributed by atoms with E-state index in [0.717, 1.165) is 0 Å². The number of hydrogen-bond acceptors (Lipinski definition) is 3. The van der Waals surface area contributed by atoms with Crippen molar-refractivity contribution in [3.05, 3.63) is 24.3 Å². The van der Waals surface area contributed by atoms with Crippen LogP contribution in [0, 0.1) is 0 Å². The third-order valence-electron chi connectivity index (χ3n) is 1.82. The van der Waals surface area contributed by atoms with Crippen LogP contribution in [0.2, 0.25) is 0 Å². The van der Waals surface area contributed by atoms with Crippen LogP contribution in [0.3, 0.4) is 0 Å². The van der Waals surface area contributed by atoms with Gasteiger partial charge in [-0.1, -0.05) is 12.1 Å². The van der Waals surface area contributed by atoms with Crippen LogP contribution in [0.1, 0.15) is 6.42 Å². The van der Waals surface area contributed by atoms with Crippen molar-refractivity contribution in [2.45, 2.75) is 12.6 Å². The van der Waals surface area contributed by atoms with Crippen LogP contribution >= 0.6 is 0 Å². The molecule has 1 N–H and O–H groups in total. The summed E-state index contributed by atoms with van der Waals surface area (Å²) in [5.74, 6) is 0.312. The summed E-state index contributed by atoms with van der Waals surface area (Å²) in [4.78, 5) is 0. The molecule has 0 spiro atoms. The molecular weight excluding hydrogens is 237 g/mol. The zero-order valence-corrected chi connectivity index (χ0v) is 9.04. The lowest BCUT2D eigenvalue weighted by Crippen LogP contribution is -2.18. The Kier molecular flexibility index (Phi) is 5.09. The minimum absolute atomic E-state index is 0.00344. The van der Waals surface area contributed by atoms with Crippen molar-refractivity contribution < 1.29 is 27.8 Å². The number of phenolic OH excluding ortho intramolecular Hbond substituents is 1. The Balaban J connectivity index is 2.11. The second-order valence-electron chi connectivity index (χ2n) is 3.34. The normalized spacial score (nSPS) is 11.5. The number of halogens is 3. The number of alkyl halides is 3. The first-order chi connectivity index (χ1) is 7.99. The topological polar surface area (TPSA) is 38.7 Å². The van der Waals surface area contributed by atoms with Gasteiger partial charge >= 0.3 is 6.18 Å². The fraction of sp³-hybridized carbons (Fsp3) is 0.455. The summed E-state index contributed by atoms with van der Waals surface area (Å²) < 4.78 is 44.6. The predicted octanol–water partition coefficient (Wildman–Crippen LogP) is 2.74. The summed E-state index contributed by atoms with van der Waals surface area (Å²) >= 11 is 0. The molecule has 6 heteroatoms. The van der Waals surface area contributed by atoms with Gasteiger partial charge in [-0.25, -0.2) is 0 Å². The van der Waals surface area contributed by atoms with Crippen molar-refractivity contribution in [3.8, 4) is 11.5 Å². The SMILES string of the molecule is Oc1ccccc1OCCCOCC(F)(F)F. The Morgan fingerprint density at radius 2 is 1.82 bits per heavy atom. The zero-order valence-electron chi connectivity index (χ0n) is 9.04. The van der Waals surface area contributed by atoms with Gasteiger partial charge in [0, 0.05) is 6.42 Å². The Bertz CT molecular complexity index is 339. The Labute approximate surface area is 96.8 Å². The minimum atomic E-state index is -4.29. The first-order valence-electron chi connectivity index (χ1n) is 5.04. The number of aromatic hydroxyl groups is 1. The summed E-state index contributed by atoms with van der Waals surface area (Å²) in [7, 11) is 0. The fourth-order valence-electron chi connectivity index (χ4n) is 1.11. The number of rotatable bonds is 6. The van der Waals surface area contributed by atoms with Crippen molar-refractivity contribution in [2.24, 2.45) is 0 Å². The average Bonchev–Trinajstić information content (AvgIpc) is 2.24. The Morgan fingerprint density at radius 3 is 2.47 bits per heavy atom. The Morgan fingerprint density at radius 1 is 1.12 bits per heavy atom. The first kappa shape index (κ1) is 13.6. The van der Waals surface area contributed by atoms with Gasteiger partial charge in [0.15, 0.2) is 11.5 Å². The standard InChI is InChI=1S/C11H13F3O3/c12-11(13,14)8-16-6-3-7-17-10-5-2-1-4-9(10)15/h1-2,4-5,15H,3,6-8H2. The number of phenols is 1. The van der Waals surface area contributed by atoms with Gasteiger partial charge in [0.25, 0.3) is 0 Å². The monoisotopic (exact) mass is 250 g/mol. The van der Waals surface area contributed by atoms with Gasteiger partial charge < -0.3 is 14.6 Å². The van der Waals surface area contributed by atoms with Crippen molar-refractivity contribution >= 4 is 0 Å². The fourth-order valence-corrected chi connectivity index (χ4v) is 1.11. The van der Waals surface area contributed by atoms with Crippen LogP contribution in [-0.2, 0) is 4.74 Å². The van der Waals surface area contributed by atoms with E-state index >= 15 is 0 Å². The molecule has 0 saturated heterocycles. The van der Waals surface area contributed by atoms with E-state index in [4.69, 9.17) is 4.74 Å². The number of benzene rings is 1. The van der Waals surface area contributed by atoms with E-state index in [-0.39, 0.29) is 19.0 Å². The maximum Gasteiger partial charge on any atom is 0.411 e. The highest BCUT2D eigenvalue weighted by Gasteiger charge is 2.27. The summed E-state index contributed by atoms with van der Waals surface area (Å²) in [6, 6.07) is 6.38. The van der Waals surface area contributed by atoms with E-state index in [2.05, 4.69) is 4.74 Å². The van der Waals surface area contributed by atoms with Crippen LogP contribution < -0.4 is 4.74 Å². The molecule has 0 heterocycles. The molecule has 1 aromatic rings. The molecule has 0 bridgehead atoms. The van der Waals surface area contributed by atoms with Crippen LogP contribution in [0.15, 0.2) is 24.3 Å². The summed E-state index contributed by atoms with van der Waals surface area (Å²) in [6.07, 6.45) is -3.97. The quantitative estimate of drug-likeness (QED) is 0.789. The number of ether oxygens (including phenoxy) is 2. The summed E-state index contributed by atoms with van der Waals surface area (Å²) in [6.45, 7) is -1.09. The smallest absolute Gasteiger partial charge is 0.411 e. The van der Waals surface area contributed by atoms with Gasteiger partial charge in [-0.3, -0.25) is 0 Å². The highest BCUT2D eigenvalue weighted by Crippen LogP contribution is 2.24. The molecule has 0 aliphatic rings. The lowest BCUT2D eigenvalue weighted by Gasteiger charge is -2.09. The maximum absolute atomic E-state index is 11.7. The van der Waals surface area contributed by atoms with Crippen LogP contribution in [0.25, 0.3) is 0 Å². The van der Waals surface area contributed by atoms with Crippen molar-refractivity contribution in [2.75, 3.05) is 19.8 Å². The van der Waals surface area contributed by atoms with Crippen molar-refractivity contribution in [1.82, 2.24) is 0 Å². The third-order valence-corrected chi connectivity index (χ3v) is 1.82. The molecule has 17 heavy (non-hydrogen) atoms. The van der Waals surface area contributed by atoms with Gasteiger partial charge in [0.05, 0.1) is 13.2 Å². The summed E-state index contributed by atoms with van der Waals surface area (Å²) in [5, 5.41) is 9.31.